The number of hydrogen-bond acceptors (Lipinski definition) is 5. The Labute approximate surface area is 160 Å². The molecule has 1 aliphatic rings. The number of likely N-dealkylation sites (tertiary alicyclic amines) is 1. The number of imidazole rings is 1. The SMILES string of the molecule is COCCn1c([C@H]2CCN(C(=O)c3ccc(Cl)s3)C2)nc2cccnc21. The van der Waals surface area contributed by atoms with Crippen molar-refractivity contribution in [2.75, 3.05) is 26.8 Å². The maximum absolute atomic E-state index is 12.7. The van der Waals surface area contributed by atoms with Crippen molar-refractivity contribution in [2.24, 2.45) is 0 Å². The van der Waals surface area contributed by atoms with Crippen molar-refractivity contribution in [3.63, 3.8) is 0 Å². The number of rotatable bonds is 5. The number of carbonyl (C=O) groups excluding carboxylic acids is 1. The van der Waals surface area contributed by atoms with Crippen LogP contribution in [0.2, 0.25) is 4.34 Å². The second-order valence-electron chi connectivity index (χ2n) is 6.30. The monoisotopic (exact) mass is 390 g/mol. The van der Waals surface area contributed by atoms with Gasteiger partial charge in [0.15, 0.2) is 5.65 Å². The largest absolute Gasteiger partial charge is 0.383 e. The van der Waals surface area contributed by atoms with Gasteiger partial charge in [0, 0.05) is 38.9 Å². The van der Waals surface area contributed by atoms with E-state index in [2.05, 4.69) is 9.55 Å². The van der Waals surface area contributed by atoms with Crippen LogP contribution in [0.4, 0.5) is 0 Å². The van der Waals surface area contributed by atoms with Gasteiger partial charge >= 0.3 is 0 Å². The van der Waals surface area contributed by atoms with Gasteiger partial charge in [-0.3, -0.25) is 4.79 Å². The van der Waals surface area contributed by atoms with Crippen molar-refractivity contribution < 1.29 is 9.53 Å². The quantitative estimate of drug-likeness (QED) is 0.669. The van der Waals surface area contributed by atoms with E-state index in [4.69, 9.17) is 21.3 Å². The zero-order chi connectivity index (χ0) is 18.1. The third kappa shape index (κ3) is 3.22. The lowest BCUT2D eigenvalue weighted by Gasteiger charge is -2.16. The van der Waals surface area contributed by atoms with E-state index in [1.165, 1.54) is 11.3 Å². The number of halogens is 1. The first-order valence-electron chi connectivity index (χ1n) is 8.52. The molecule has 0 bridgehead atoms. The number of pyridine rings is 1. The number of carbonyl (C=O) groups is 1. The minimum atomic E-state index is 0.0436. The van der Waals surface area contributed by atoms with E-state index in [9.17, 15) is 4.79 Å². The van der Waals surface area contributed by atoms with E-state index < -0.39 is 0 Å². The molecule has 3 aromatic rings. The number of amides is 1. The second-order valence-corrected chi connectivity index (χ2v) is 8.02. The highest BCUT2D eigenvalue weighted by atomic mass is 35.5. The molecule has 26 heavy (non-hydrogen) atoms. The summed E-state index contributed by atoms with van der Waals surface area (Å²) in [4.78, 5) is 24.5. The van der Waals surface area contributed by atoms with Gasteiger partial charge in [-0.05, 0) is 30.7 Å². The molecule has 0 aromatic carbocycles. The first-order valence-corrected chi connectivity index (χ1v) is 9.71. The molecular formula is C18H19ClN4O2S. The highest BCUT2D eigenvalue weighted by Crippen LogP contribution is 2.31. The molecular weight excluding hydrogens is 372 g/mol. The van der Waals surface area contributed by atoms with Gasteiger partial charge in [0.1, 0.15) is 11.3 Å². The summed E-state index contributed by atoms with van der Waals surface area (Å²) in [5.41, 5.74) is 1.75. The Bertz CT molecular complexity index is 938. The third-order valence-electron chi connectivity index (χ3n) is 4.68. The molecule has 1 amide bonds. The molecule has 1 aliphatic heterocycles. The van der Waals surface area contributed by atoms with Crippen molar-refractivity contribution in [2.45, 2.75) is 18.9 Å². The third-order valence-corrected chi connectivity index (χ3v) is 5.90. The normalized spacial score (nSPS) is 17.3. The summed E-state index contributed by atoms with van der Waals surface area (Å²) in [7, 11) is 1.69. The smallest absolute Gasteiger partial charge is 0.263 e. The van der Waals surface area contributed by atoms with Crippen LogP contribution in [0.1, 0.15) is 27.8 Å². The molecule has 0 saturated carbocycles. The van der Waals surface area contributed by atoms with E-state index in [0.29, 0.717) is 28.9 Å². The molecule has 136 valence electrons. The Kier molecular flexibility index (Phi) is 4.93. The lowest BCUT2D eigenvalue weighted by Crippen LogP contribution is -2.28. The van der Waals surface area contributed by atoms with Crippen LogP contribution >= 0.6 is 22.9 Å². The zero-order valence-electron chi connectivity index (χ0n) is 14.4. The molecule has 4 heterocycles. The number of fused-ring (bicyclic) bond motifs is 1. The Morgan fingerprint density at radius 3 is 3.08 bits per heavy atom. The van der Waals surface area contributed by atoms with Crippen molar-refractivity contribution in [3.05, 3.63) is 45.5 Å². The second kappa shape index (κ2) is 7.34. The maximum atomic E-state index is 12.7. The summed E-state index contributed by atoms with van der Waals surface area (Å²) in [5, 5.41) is 0. The van der Waals surface area contributed by atoms with Gasteiger partial charge < -0.3 is 14.2 Å². The number of thiophene rings is 1. The predicted molar refractivity (Wildman–Crippen MR) is 102 cm³/mol. The van der Waals surface area contributed by atoms with Crippen LogP contribution in [0, 0.1) is 0 Å². The van der Waals surface area contributed by atoms with Crippen LogP contribution < -0.4 is 0 Å². The van der Waals surface area contributed by atoms with Crippen LogP contribution in [0.25, 0.3) is 11.2 Å². The molecule has 0 aliphatic carbocycles. The Morgan fingerprint density at radius 1 is 1.42 bits per heavy atom. The number of nitrogens with zero attached hydrogens (tertiary/aromatic N) is 4. The fraction of sp³-hybridized carbons (Fsp3) is 0.389. The van der Waals surface area contributed by atoms with Gasteiger partial charge in [0.2, 0.25) is 0 Å². The van der Waals surface area contributed by atoms with Crippen LogP contribution in [0.3, 0.4) is 0 Å². The van der Waals surface area contributed by atoms with Crippen LogP contribution in [-0.4, -0.2) is 52.1 Å². The average molecular weight is 391 g/mol. The molecule has 0 spiro atoms. The zero-order valence-corrected chi connectivity index (χ0v) is 16.0. The molecule has 0 radical (unpaired) electrons. The minimum Gasteiger partial charge on any atom is -0.383 e. The summed E-state index contributed by atoms with van der Waals surface area (Å²) in [6.07, 6.45) is 2.67. The molecule has 8 heteroatoms. The van der Waals surface area contributed by atoms with Gasteiger partial charge in [0.25, 0.3) is 5.91 Å². The van der Waals surface area contributed by atoms with Crippen LogP contribution in [0.15, 0.2) is 30.5 Å². The average Bonchev–Trinajstić information content (AvgIpc) is 3.37. The Hall–Kier alpha value is -1.96. The maximum Gasteiger partial charge on any atom is 0.263 e. The van der Waals surface area contributed by atoms with E-state index in [0.717, 1.165) is 30.0 Å². The number of ether oxygens (including phenoxy) is 1. The Morgan fingerprint density at radius 2 is 2.31 bits per heavy atom. The van der Waals surface area contributed by atoms with Gasteiger partial charge in [-0.15, -0.1) is 11.3 Å². The topological polar surface area (TPSA) is 60.2 Å². The van der Waals surface area contributed by atoms with Crippen LogP contribution in [0.5, 0.6) is 0 Å². The van der Waals surface area contributed by atoms with E-state index in [1.54, 1.807) is 25.4 Å². The molecule has 6 nitrogen and oxygen atoms in total. The fourth-order valence-electron chi connectivity index (χ4n) is 3.43. The van der Waals surface area contributed by atoms with E-state index in [-0.39, 0.29) is 11.8 Å². The summed E-state index contributed by atoms with van der Waals surface area (Å²) in [5.74, 6) is 1.22. The Balaban J connectivity index is 1.59. The highest BCUT2D eigenvalue weighted by Gasteiger charge is 2.32. The molecule has 1 fully saturated rings. The molecule has 0 N–H and O–H groups in total. The van der Waals surface area contributed by atoms with Crippen molar-refractivity contribution >= 4 is 40.0 Å². The molecule has 1 saturated heterocycles. The summed E-state index contributed by atoms with van der Waals surface area (Å²) >= 11 is 7.29. The van der Waals surface area contributed by atoms with Crippen molar-refractivity contribution in [3.8, 4) is 0 Å². The first kappa shape index (κ1) is 17.5. The van der Waals surface area contributed by atoms with Gasteiger partial charge in [-0.2, -0.15) is 0 Å². The summed E-state index contributed by atoms with van der Waals surface area (Å²) < 4.78 is 8.01. The van der Waals surface area contributed by atoms with Gasteiger partial charge in [-0.1, -0.05) is 11.6 Å². The lowest BCUT2D eigenvalue weighted by molar-refractivity contribution is 0.0795. The van der Waals surface area contributed by atoms with Gasteiger partial charge in [-0.25, -0.2) is 9.97 Å². The molecule has 1 atom stereocenters. The molecule has 3 aromatic heterocycles. The number of hydrogen-bond donors (Lipinski definition) is 0. The fourth-order valence-corrected chi connectivity index (χ4v) is 4.44. The molecule has 0 unspecified atom stereocenters. The van der Waals surface area contributed by atoms with Crippen molar-refractivity contribution in [1.29, 1.82) is 0 Å². The lowest BCUT2D eigenvalue weighted by atomic mass is 10.1. The standard InChI is InChI=1S/C18H19ClN4O2S/c1-25-10-9-23-16(21-13-3-2-7-20-17(13)23)12-6-8-22(11-12)18(24)14-4-5-15(19)26-14/h2-5,7,12H,6,8-11H2,1H3/t12-/m0/s1. The summed E-state index contributed by atoms with van der Waals surface area (Å²) in [6.45, 7) is 2.67. The predicted octanol–water partition coefficient (Wildman–Crippen LogP) is 3.42. The molecule has 4 rings (SSSR count). The van der Waals surface area contributed by atoms with Gasteiger partial charge in [0.05, 0.1) is 15.8 Å². The van der Waals surface area contributed by atoms with Crippen molar-refractivity contribution in [1.82, 2.24) is 19.4 Å². The van der Waals surface area contributed by atoms with E-state index >= 15 is 0 Å². The number of aromatic nitrogens is 3. The first-order chi connectivity index (χ1) is 12.7. The highest BCUT2D eigenvalue weighted by molar-refractivity contribution is 7.17. The van der Waals surface area contributed by atoms with Crippen LogP contribution in [-0.2, 0) is 11.3 Å². The number of methoxy groups -OCH3 is 1. The van der Waals surface area contributed by atoms with E-state index in [1.807, 2.05) is 17.0 Å². The minimum absolute atomic E-state index is 0.0436. The summed E-state index contributed by atoms with van der Waals surface area (Å²) in [6, 6.07) is 7.43.